The second-order valence-electron chi connectivity index (χ2n) is 5.29. The maximum absolute atomic E-state index is 12.6. The molecular weight excluding hydrogens is 250 g/mol. The SMILES string of the molecule is CNCC1CCCCN1S(=O)(=O)N1CCCCC1. The van der Waals surface area contributed by atoms with Crippen molar-refractivity contribution in [1.82, 2.24) is 13.9 Å². The first-order valence-corrected chi connectivity index (χ1v) is 8.47. The topological polar surface area (TPSA) is 52.7 Å². The summed E-state index contributed by atoms with van der Waals surface area (Å²) in [5, 5.41) is 3.12. The molecular formula is C12H25N3O2S. The van der Waals surface area contributed by atoms with E-state index in [4.69, 9.17) is 0 Å². The van der Waals surface area contributed by atoms with E-state index in [9.17, 15) is 8.42 Å². The molecule has 1 N–H and O–H groups in total. The normalized spacial score (nSPS) is 28.4. The minimum absolute atomic E-state index is 0.135. The molecule has 5 nitrogen and oxygen atoms in total. The zero-order valence-electron chi connectivity index (χ0n) is 11.3. The van der Waals surface area contributed by atoms with Gasteiger partial charge in [-0.3, -0.25) is 0 Å². The van der Waals surface area contributed by atoms with Gasteiger partial charge >= 0.3 is 0 Å². The van der Waals surface area contributed by atoms with Crippen molar-refractivity contribution >= 4 is 10.2 Å². The lowest BCUT2D eigenvalue weighted by molar-refractivity contribution is 0.221. The van der Waals surface area contributed by atoms with Crippen LogP contribution in [-0.4, -0.2) is 56.3 Å². The van der Waals surface area contributed by atoms with Gasteiger partial charge in [0.15, 0.2) is 0 Å². The van der Waals surface area contributed by atoms with Crippen LogP contribution < -0.4 is 5.32 Å². The quantitative estimate of drug-likeness (QED) is 0.825. The first-order chi connectivity index (χ1) is 8.66. The highest BCUT2D eigenvalue weighted by Crippen LogP contribution is 2.24. The van der Waals surface area contributed by atoms with E-state index in [0.29, 0.717) is 19.6 Å². The van der Waals surface area contributed by atoms with Crippen LogP contribution in [0, 0.1) is 0 Å². The summed E-state index contributed by atoms with van der Waals surface area (Å²) in [6.07, 6.45) is 6.28. The predicted octanol–water partition coefficient (Wildman–Crippen LogP) is 0.791. The van der Waals surface area contributed by atoms with E-state index in [1.807, 2.05) is 7.05 Å². The van der Waals surface area contributed by atoms with E-state index in [-0.39, 0.29) is 6.04 Å². The summed E-state index contributed by atoms with van der Waals surface area (Å²) < 4.78 is 28.7. The highest BCUT2D eigenvalue weighted by atomic mass is 32.2. The van der Waals surface area contributed by atoms with Crippen molar-refractivity contribution in [3.05, 3.63) is 0 Å². The molecule has 0 aliphatic carbocycles. The Kier molecular flexibility index (Phi) is 5.00. The Morgan fingerprint density at radius 2 is 1.72 bits per heavy atom. The molecule has 0 aromatic carbocycles. The van der Waals surface area contributed by atoms with Crippen molar-refractivity contribution in [2.45, 2.75) is 44.6 Å². The molecule has 18 heavy (non-hydrogen) atoms. The number of likely N-dealkylation sites (N-methyl/N-ethyl adjacent to an activating group) is 1. The molecule has 0 spiro atoms. The zero-order valence-corrected chi connectivity index (χ0v) is 12.1. The minimum Gasteiger partial charge on any atom is -0.318 e. The molecule has 0 aromatic rings. The summed E-state index contributed by atoms with van der Waals surface area (Å²) in [6.45, 7) is 2.84. The fraction of sp³-hybridized carbons (Fsp3) is 1.00. The molecule has 2 heterocycles. The van der Waals surface area contributed by atoms with Gasteiger partial charge in [-0.2, -0.15) is 17.0 Å². The van der Waals surface area contributed by atoms with Crippen LogP contribution in [0.15, 0.2) is 0 Å². The van der Waals surface area contributed by atoms with Crippen LogP contribution >= 0.6 is 0 Å². The third kappa shape index (κ3) is 3.04. The van der Waals surface area contributed by atoms with E-state index < -0.39 is 10.2 Å². The van der Waals surface area contributed by atoms with E-state index in [1.165, 1.54) is 0 Å². The zero-order chi connectivity index (χ0) is 13.0. The van der Waals surface area contributed by atoms with E-state index in [2.05, 4.69) is 5.32 Å². The lowest BCUT2D eigenvalue weighted by Crippen LogP contribution is -2.54. The molecule has 2 aliphatic rings. The monoisotopic (exact) mass is 275 g/mol. The fourth-order valence-electron chi connectivity index (χ4n) is 2.96. The van der Waals surface area contributed by atoms with Gasteiger partial charge < -0.3 is 5.32 Å². The molecule has 2 rings (SSSR count). The number of hydrogen-bond acceptors (Lipinski definition) is 3. The van der Waals surface area contributed by atoms with Crippen LogP contribution in [0.3, 0.4) is 0 Å². The number of nitrogens with one attached hydrogen (secondary N) is 1. The average Bonchev–Trinajstić information content (AvgIpc) is 2.41. The lowest BCUT2D eigenvalue weighted by atomic mass is 10.1. The molecule has 1 atom stereocenters. The number of hydrogen-bond donors (Lipinski definition) is 1. The van der Waals surface area contributed by atoms with Crippen molar-refractivity contribution in [1.29, 1.82) is 0 Å². The first-order valence-electron chi connectivity index (χ1n) is 7.08. The number of nitrogens with zero attached hydrogens (tertiary/aromatic N) is 2. The first kappa shape index (κ1) is 14.2. The molecule has 106 valence electrons. The second kappa shape index (κ2) is 6.32. The molecule has 0 amide bonds. The van der Waals surface area contributed by atoms with E-state index >= 15 is 0 Å². The third-order valence-corrected chi connectivity index (χ3v) is 6.04. The maximum atomic E-state index is 12.6. The molecule has 0 saturated carbocycles. The van der Waals surface area contributed by atoms with Crippen LogP contribution in [-0.2, 0) is 10.2 Å². The minimum atomic E-state index is -3.23. The molecule has 2 fully saturated rings. The van der Waals surface area contributed by atoms with Gasteiger partial charge in [-0.1, -0.05) is 12.8 Å². The Hall–Kier alpha value is -0.170. The van der Waals surface area contributed by atoms with Gasteiger partial charge in [-0.05, 0) is 32.7 Å². The van der Waals surface area contributed by atoms with Crippen LogP contribution in [0.25, 0.3) is 0 Å². The van der Waals surface area contributed by atoms with Gasteiger partial charge in [0.05, 0.1) is 0 Å². The number of rotatable bonds is 4. The molecule has 2 aliphatic heterocycles. The number of piperidine rings is 2. The predicted molar refractivity (Wildman–Crippen MR) is 72.6 cm³/mol. The Bertz CT molecular complexity index is 350. The largest absolute Gasteiger partial charge is 0.318 e. The van der Waals surface area contributed by atoms with Crippen LogP contribution in [0.4, 0.5) is 0 Å². The van der Waals surface area contributed by atoms with Crippen molar-refractivity contribution in [3.63, 3.8) is 0 Å². The van der Waals surface area contributed by atoms with Gasteiger partial charge in [-0.25, -0.2) is 0 Å². The molecule has 0 bridgehead atoms. The molecule has 2 saturated heterocycles. The van der Waals surface area contributed by atoms with Crippen LogP contribution in [0.2, 0.25) is 0 Å². The molecule has 0 radical (unpaired) electrons. The van der Waals surface area contributed by atoms with Crippen molar-refractivity contribution in [2.24, 2.45) is 0 Å². The van der Waals surface area contributed by atoms with Gasteiger partial charge in [0.2, 0.25) is 0 Å². The van der Waals surface area contributed by atoms with Gasteiger partial charge in [0.25, 0.3) is 10.2 Å². The third-order valence-electron chi connectivity index (χ3n) is 3.95. The second-order valence-corrected chi connectivity index (χ2v) is 7.17. The Balaban J connectivity index is 2.10. The lowest BCUT2D eigenvalue weighted by Gasteiger charge is -2.39. The summed E-state index contributed by atoms with van der Waals surface area (Å²) in [6, 6.07) is 0.135. The highest BCUT2D eigenvalue weighted by molar-refractivity contribution is 7.86. The highest BCUT2D eigenvalue weighted by Gasteiger charge is 2.36. The average molecular weight is 275 g/mol. The summed E-state index contributed by atoms with van der Waals surface area (Å²) in [7, 11) is -1.34. The van der Waals surface area contributed by atoms with E-state index in [1.54, 1.807) is 8.61 Å². The molecule has 0 aromatic heterocycles. The fourth-order valence-corrected chi connectivity index (χ4v) is 4.89. The Labute approximate surface area is 111 Å². The maximum Gasteiger partial charge on any atom is 0.282 e. The van der Waals surface area contributed by atoms with Crippen molar-refractivity contribution in [3.8, 4) is 0 Å². The smallest absolute Gasteiger partial charge is 0.282 e. The summed E-state index contributed by atoms with van der Waals surface area (Å²) >= 11 is 0. The molecule has 6 heteroatoms. The summed E-state index contributed by atoms with van der Waals surface area (Å²) in [5.74, 6) is 0. The van der Waals surface area contributed by atoms with E-state index in [0.717, 1.165) is 45.1 Å². The summed E-state index contributed by atoms with van der Waals surface area (Å²) in [4.78, 5) is 0. The standard InChI is InChI=1S/C12H25N3O2S/c1-13-11-12-7-3-6-10-15(12)18(16,17)14-8-4-2-5-9-14/h12-13H,2-11H2,1H3. The van der Waals surface area contributed by atoms with Crippen molar-refractivity contribution in [2.75, 3.05) is 33.2 Å². The Morgan fingerprint density at radius 1 is 1.06 bits per heavy atom. The molecule has 1 unspecified atom stereocenters. The van der Waals surface area contributed by atoms with Gasteiger partial charge in [-0.15, -0.1) is 0 Å². The Morgan fingerprint density at radius 3 is 2.39 bits per heavy atom. The van der Waals surface area contributed by atoms with Gasteiger partial charge in [0, 0.05) is 32.2 Å². The van der Waals surface area contributed by atoms with Crippen molar-refractivity contribution < 1.29 is 8.42 Å². The van der Waals surface area contributed by atoms with Crippen LogP contribution in [0.5, 0.6) is 0 Å². The summed E-state index contributed by atoms with van der Waals surface area (Å²) in [5.41, 5.74) is 0. The van der Waals surface area contributed by atoms with Gasteiger partial charge in [0.1, 0.15) is 0 Å². The van der Waals surface area contributed by atoms with Crippen LogP contribution in [0.1, 0.15) is 38.5 Å².